The number of rotatable bonds is 5. The largest absolute Gasteiger partial charge is 0.434 e. The summed E-state index contributed by atoms with van der Waals surface area (Å²) >= 11 is 0. The van der Waals surface area contributed by atoms with Crippen molar-refractivity contribution >= 4 is 11.9 Å². The molecule has 0 saturated heterocycles. The first-order valence-corrected chi connectivity index (χ1v) is 7.44. The average Bonchev–Trinajstić information content (AvgIpc) is 3.17. The van der Waals surface area contributed by atoms with Crippen molar-refractivity contribution < 1.29 is 18.3 Å². The lowest BCUT2D eigenvalue weighted by atomic mass is 9.89. The Balaban J connectivity index is 1.79. The van der Waals surface area contributed by atoms with Gasteiger partial charge in [-0.3, -0.25) is 15.2 Å². The van der Waals surface area contributed by atoms with Gasteiger partial charge in [0.25, 0.3) is 0 Å². The van der Waals surface area contributed by atoms with Gasteiger partial charge in [-0.25, -0.2) is 0 Å². The fourth-order valence-electron chi connectivity index (χ4n) is 2.54. The standard InChI is InChI=1S/C16H16F2N4O2/c1-16(8-4-5-9-16)13(23)20-15-19-12(21-22-15)10-6-2-3-7-11(10)24-14(17)18/h2-4,6-8,14H,5,9H2,1H3,(H2,19,20,21,22,23). The lowest BCUT2D eigenvalue weighted by molar-refractivity contribution is -0.122. The molecule has 3 rings (SSSR count). The van der Waals surface area contributed by atoms with E-state index in [4.69, 9.17) is 0 Å². The van der Waals surface area contributed by atoms with Gasteiger partial charge >= 0.3 is 6.61 Å². The number of carbonyl (C=O) groups is 1. The summed E-state index contributed by atoms with van der Waals surface area (Å²) < 4.78 is 29.4. The van der Waals surface area contributed by atoms with Gasteiger partial charge in [-0.1, -0.05) is 24.3 Å². The molecule has 1 heterocycles. The summed E-state index contributed by atoms with van der Waals surface area (Å²) in [5, 5.41) is 9.19. The van der Waals surface area contributed by atoms with Crippen LogP contribution in [0.4, 0.5) is 14.7 Å². The minimum atomic E-state index is -2.94. The Kier molecular flexibility index (Phi) is 4.28. The Labute approximate surface area is 136 Å². The number of nitrogens with zero attached hydrogens (tertiary/aromatic N) is 2. The zero-order valence-corrected chi connectivity index (χ0v) is 12.9. The molecule has 1 amide bonds. The summed E-state index contributed by atoms with van der Waals surface area (Å²) in [6.45, 7) is -1.10. The van der Waals surface area contributed by atoms with E-state index in [0.717, 1.165) is 12.8 Å². The molecule has 24 heavy (non-hydrogen) atoms. The summed E-state index contributed by atoms with van der Waals surface area (Å²) in [6.07, 6.45) is 5.39. The van der Waals surface area contributed by atoms with Crippen LogP contribution in [0.5, 0.6) is 5.75 Å². The average molecular weight is 334 g/mol. The molecule has 1 aliphatic rings. The van der Waals surface area contributed by atoms with Crippen LogP contribution in [0.1, 0.15) is 19.8 Å². The van der Waals surface area contributed by atoms with E-state index >= 15 is 0 Å². The molecule has 1 aromatic heterocycles. The number of allylic oxidation sites excluding steroid dienone is 1. The van der Waals surface area contributed by atoms with E-state index in [2.05, 4.69) is 25.2 Å². The number of anilines is 1. The molecule has 6 nitrogen and oxygen atoms in total. The van der Waals surface area contributed by atoms with Gasteiger partial charge in [0.2, 0.25) is 11.9 Å². The van der Waals surface area contributed by atoms with Crippen LogP contribution < -0.4 is 10.1 Å². The van der Waals surface area contributed by atoms with Crippen LogP contribution in [0.3, 0.4) is 0 Å². The number of benzene rings is 1. The number of hydrogen-bond acceptors (Lipinski definition) is 4. The summed E-state index contributed by atoms with van der Waals surface area (Å²) in [4.78, 5) is 16.5. The molecule has 8 heteroatoms. The highest BCUT2D eigenvalue weighted by Gasteiger charge is 2.33. The first-order valence-electron chi connectivity index (χ1n) is 7.44. The first kappa shape index (κ1) is 16.1. The second-order valence-corrected chi connectivity index (χ2v) is 5.69. The van der Waals surface area contributed by atoms with Crippen molar-refractivity contribution in [3.8, 4) is 17.1 Å². The zero-order chi connectivity index (χ0) is 17.2. The lowest BCUT2D eigenvalue weighted by Crippen LogP contribution is -2.30. The van der Waals surface area contributed by atoms with Crippen molar-refractivity contribution in [2.75, 3.05) is 5.32 Å². The molecule has 0 spiro atoms. The molecule has 0 radical (unpaired) electrons. The van der Waals surface area contributed by atoms with Gasteiger partial charge in [0, 0.05) is 0 Å². The van der Waals surface area contributed by atoms with Crippen LogP contribution in [-0.4, -0.2) is 27.7 Å². The van der Waals surface area contributed by atoms with Gasteiger partial charge < -0.3 is 4.74 Å². The number of H-pyrrole nitrogens is 1. The fraction of sp³-hybridized carbons (Fsp3) is 0.312. The number of para-hydroxylation sites is 1. The van der Waals surface area contributed by atoms with Gasteiger partial charge in [0.1, 0.15) is 5.75 Å². The number of ether oxygens (including phenoxy) is 1. The minimum absolute atomic E-state index is 0.0211. The maximum Gasteiger partial charge on any atom is 0.387 e. The molecular formula is C16H16F2N4O2. The number of aromatic nitrogens is 3. The highest BCUT2D eigenvalue weighted by atomic mass is 19.3. The van der Waals surface area contributed by atoms with Gasteiger partial charge in [-0.2, -0.15) is 13.8 Å². The smallest absolute Gasteiger partial charge is 0.387 e. The Hall–Kier alpha value is -2.77. The molecule has 1 atom stereocenters. The number of aromatic amines is 1. The number of amides is 1. The molecule has 1 aromatic carbocycles. The number of halogens is 2. The van der Waals surface area contributed by atoms with Crippen molar-refractivity contribution in [3.63, 3.8) is 0 Å². The van der Waals surface area contributed by atoms with Gasteiger partial charge in [-0.05, 0) is 31.9 Å². The van der Waals surface area contributed by atoms with Crippen molar-refractivity contribution in [1.29, 1.82) is 0 Å². The Morgan fingerprint density at radius 3 is 2.92 bits per heavy atom. The maximum absolute atomic E-state index is 12.5. The normalized spacial score (nSPS) is 19.7. The van der Waals surface area contributed by atoms with Crippen molar-refractivity contribution in [2.45, 2.75) is 26.4 Å². The predicted molar refractivity (Wildman–Crippen MR) is 83.6 cm³/mol. The third-order valence-electron chi connectivity index (χ3n) is 3.90. The molecule has 1 aliphatic carbocycles. The van der Waals surface area contributed by atoms with Crippen LogP contribution in [0.25, 0.3) is 11.4 Å². The van der Waals surface area contributed by atoms with E-state index < -0.39 is 12.0 Å². The third-order valence-corrected chi connectivity index (χ3v) is 3.90. The van der Waals surface area contributed by atoms with E-state index in [9.17, 15) is 13.6 Å². The highest BCUT2D eigenvalue weighted by Crippen LogP contribution is 2.33. The van der Waals surface area contributed by atoms with Crippen LogP contribution >= 0.6 is 0 Å². The van der Waals surface area contributed by atoms with Gasteiger partial charge in [-0.15, -0.1) is 5.10 Å². The van der Waals surface area contributed by atoms with E-state index in [-0.39, 0.29) is 23.4 Å². The molecule has 0 aliphatic heterocycles. The number of alkyl halides is 2. The maximum atomic E-state index is 12.5. The Morgan fingerprint density at radius 2 is 2.21 bits per heavy atom. The highest BCUT2D eigenvalue weighted by molar-refractivity contribution is 5.95. The fourth-order valence-corrected chi connectivity index (χ4v) is 2.54. The van der Waals surface area contributed by atoms with E-state index in [1.54, 1.807) is 18.2 Å². The summed E-state index contributed by atoms with van der Waals surface area (Å²) in [5.74, 6) is 0.0863. The van der Waals surface area contributed by atoms with Crippen LogP contribution in [0.2, 0.25) is 0 Å². The van der Waals surface area contributed by atoms with Gasteiger partial charge in [0.15, 0.2) is 5.82 Å². The lowest BCUT2D eigenvalue weighted by Gasteiger charge is -2.19. The van der Waals surface area contributed by atoms with Gasteiger partial charge in [0.05, 0.1) is 11.0 Å². The molecule has 2 N–H and O–H groups in total. The minimum Gasteiger partial charge on any atom is -0.434 e. The summed E-state index contributed by atoms with van der Waals surface area (Å²) in [7, 11) is 0. The summed E-state index contributed by atoms with van der Waals surface area (Å²) in [6, 6.07) is 6.23. The first-order chi connectivity index (χ1) is 11.5. The Morgan fingerprint density at radius 1 is 1.42 bits per heavy atom. The van der Waals surface area contributed by atoms with Crippen molar-refractivity contribution in [3.05, 3.63) is 36.4 Å². The third kappa shape index (κ3) is 3.27. The second-order valence-electron chi connectivity index (χ2n) is 5.69. The van der Waals surface area contributed by atoms with Crippen molar-refractivity contribution in [2.24, 2.45) is 5.41 Å². The topological polar surface area (TPSA) is 79.9 Å². The molecular weight excluding hydrogens is 318 g/mol. The Bertz CT molecular complexity index is 775. The quantitative estimate of drug-likeness (QED) is 0.822. The molecule has 0 saturated carbocycles. The number of hydrogen-bond donors (Lipinski definition) is 2. The van der Waals surface area contributed by atoms with Crippen LogP contribution in [-0.2, 0) is 4.79 Å². The van der Waals surface area contributed by atoms with Crippen LogP contribution in [0, 0.1) is 5.41 Å². The monoisotopic (exact) mass is 334 g/mol. The van der Waals surface area contributed by atoms with E-state index in [0.29, 0.717) is 5.56 Å². The molecule has 1 unspecified atom stereocenters. The summed E-state index contributed by atoms with van der Waals surface area (Å²) in [5.41, 5.74) is -0.255. The van der Waals surface area contributed by atoms with E-state index in [1.165, 1.54) is 6.07 Å². The number of carbonyl (C=O) groups excluding carboxylic acids is 1. The SMILES string of the molecule is CC1(C(=O)Nc2n[nH]c(-c3ccccc3OC(F)F)n2)C=CCC1. The molecule has 126 valence electrons. The zero-order valence-electron chi connectivity index (χ0n) is 12.9. The number of nitrogens with one attached hydrogen (secondary N) is 2. The van der Waals surface area contributed by atoms with E-state index in [1.807, 2.05) is 19.1 Å². The molecule has 0 fully saturated rings. The second kappa shape index (κ2) is 6.38. The predicted octanol–water partition coefficient (Wildman–Crippen LogP) is 3.37. The van der Waals surface area contributed by atoms with Crippen molar-refractivity contribution in [1.82, 2.24) is 15.2 Å². The van der Waals surface area contributed by atoms with Crippen LogP contribution in [0.15, 0.2) is 36.4 Å². The molecule has 2 aromatic rings. The molecule has 0 bridgehead atoms.